The van der Waals surface area contributed by atoms with Crippen molar-refractivity contribution in [3.8, 4) is 0 Å². The van der Waals surface area contributed by atoms with Gasteiger partial charge in [-0.2, -0.15) is 0 Å². The summed E-state index contributed by atoms with van der Waals surface area (Å²) in [6.07, 6.45) is 1.75. The average molecular weight is 391 g/mol. The van der Waals surface area contributed by atoms with Gasteiger partial charge in [0, 0.05) is 20.5 Å². The van der Waals surface area contributed by atoms with Gasteiger partial charge in [0.05, 0.1) is 11.4 Å². The Hall–Kier alpha value is -0.300. The fourth-order valence-electron chi connectivity index (χ4n) is 1.48. The Bertz CT molecular complexity index is 554. The molecule has 1 atom stereocenters. The van der Waals surface area contributed by atoms with Crippen molar-refractivity contribution in [1.29, 1.82) is 0 Å². The smallest absolute Gasteiger partial charge is 0.116 e. The van der Waals surface area contributed by atoms with Gasteiger partial charge in [-0.15, -0.1) is 11.3 Å². The molecule has 0 fully saturated rings. The molecule has 0 saturated heterocycles. The van der Waals surface area contributed by atoms with E-state index in [9.17, 15) is 0 Å². The third kappa shape index (κ3) is 2.99. The van der Waals surface area contributed by atoms with E-state index < -0.39 is 0 Å². The topological polar surface area (TPSA) is 51.8 Å². The first-order valence-electron chi connectivity index (χ1n) is 5.51. The number of nitrogens with zero attached hydrogens (tertiary/aromatic N) is 2. The third-order valence-electron chi connectivity index (χ3n) is 2.53. The van der Waals surface area contributed by atoms with Crippen LogP contribution in [0.3, 0.4) is 0 Å². The van der Waals surface area contributed by atoms with Crippen LogP contribution in [0.1, 0.15) is 42.2 Å². The van der Waals surface area contributed by atoms with Gasteiger partial charge in [0.1, 0.15) is 11.0 Å². The standard InChI is InChI=1S/C12H13Br2N3S/c1-6(2)9-5-18-12(17-9)10(15)11-8(14)3-7(13)4-16-11/h3-6,10H,15H2,1-2H3. The van der Waals surface area contributed by atoms with Gasteiger partial charge < -0.3 is 5.73 Å². The van der Waals surface area contributed by atoms with Gasteiger partial charge in [0.25, 0.3) is 0 Å². The van der Waals surface area contributed by atoms with Gasteiger partial charge in [-0.25, -0.2) is 4.98 Å². The number of pyridine rings is 1. The lowest BCUT2D eigenvalue weighted by atomic mass is 10.1. The Kier molecular flexibility index (Phi) is 4.53. The van der Waals surface area contributed by atoms with E-state index in [1.807, 2.05) is 6.07 Å². The molecule has 96 valence electrons. The maximum atomic E-state index is 6.22. The molecule has 0 radical (unpaired) electrons. The highest BCUT2D eigenvalue weighted by molar-refractivity contribution is 9.11. The number of rotatable bonds is 3. The summed E-state index contributed by atoms with van der Waals surface area (Å²) in [5, 5.41) is 2.96. The molecule has 1 unspecified atom stereocenters. The van der Waals surface area contributed by atoms with E-state index in [1.54, 1.807) is 17.5 Å². The molecule has 0 aliphatic carbocycles. The van der Waals surface area contributed by atoms with Crippen LogP contribution in [-0.4, -0.2) is 9.97 Å². The highest BCUT2D eigenvalue weighted by Gasteiger charge is 2.18. The molecule has 0 amide bonds. The molecule has 3 nitrogen and oxygen atoms in total. The lowest BCUT2D eigenvalue weighted by molar-refractivity contribution is 0.776. The van der Waals surface area contributed by atoms with E-state index in [1.165, 1.54) is 0 Å². The van der Waals surface area contributed by atoms with Gasteiger partial charge >= 0.3 is 0 Å². The Morgan fingerprint density at radius 2 is 2.06 bits per heavy atom. The van der Waals surface area contributed by atoms with E-state index in [2.05, 4.69) is 61.1 Å². The summed E-state index contributed by atoms with van der Waals surface area (Å²) in [5.74, 6) is 0.420. The molecule has 6 heteroatoms. The predicted molar refractivity (Wildman–Crippen MR) is 81.9 cm³/mol. The highest BCUT2D eigenvalue weighted by atomic mass is 79.9. The molecule has 2 aromatic heterocycles. The zero-order valence-corrected chi connectivity index (χ0v) is 14.0. The molecule has 0 aromatic carbocycles. The quantitative estimate of drug-likeness (QED) is 0.852. The lowest BCUT2D eigenvalue weighted by Gasteiger charge is -2.10. The molecule has 0 spiro atoms. The molecule has 0 bridgehead atoms. The summed E-state index contributed by atoms with van der Waals surface area (Å²) < 4.78 is 1.82. The van der Waals surface area contributed by atoms with Gasteiger partial charge in [-0.3, -0.25) is 4.98 Å². The van der Waals surface area contributed by atoms with Gasteiger partial charge in [0.2, 0.25) is 0 Å². The number of nitrogens with two attached hydrogens (primary N) is 1. The largest absolute Gasteiger partial charge is 0.317 e. The molecule has 0 saturated carbocycles. The van der Waals surface area contributed by atoms with Crippen molar-refractivity contribution in [1.82, 2.24) is 9.97 Å². The summed E-state index contributed by atoms with van der Waals surface area (Å²) >= 11 is 8.45. The second-order valence-electron chi connectivity index (χ2n) is 4.26. The highest BCUT2D eigenvalue weighted by Crippen LogP contribution is 2.30. The second-order valence-corrected chi connectivity index (χ2v) is 6.92. The Balaban J connectivity index is 2.32. The average Bonchev–Trinajstić information content (AvgIpc) is 2.77. The summed E-state index contributed by atoms with van der Waals surface area (Å²) in [7, 11) is 0. The van der Waals surface area contributed by atoms with E-state index in [-0.39, 0.29) is 6.04 Å². The predicted octanol–water partition coefficient (Wildman–Crippen LogP) is 4.23. The number of hydrogen-bond donors (Lipinski definition) is 1. The molecule has 2 aromatic rings. The molecule has 2 rings (SSSR count). The fraction of sp³-hybridized carbons (Fsp3) is 0.333. The van der Waals surface area contributed by atoms with Crippen LogP contribution in [0.25, 0.3) is 0 Å². The Morgan fingerprint density at radius 1 is 1.33 bits per heavy atom. The number of thiazole rings is 1. The monoisotopic (exact) mass is 389 g/mol. The van der Waals surface area contributed by atoms with Crippen molar-refractivity contribution in [2.45, 2.75) is 25.8 Å². The van der Waals surface area contributed by atoms with E-state index in [0.717, 1.165) is 25.3 Å². The van der Waals surface area contributed by atoms with Crippen LogP contribution in [0.5, 0.6) is 0 Å². The van der Waals surface area contributed by atoms with Crippen molar-refractivity contribution in [2.24, 2.45) is 5.73 Å². The Labute approximate surface area is 127 Å². The summed E-state index contributed by atoms with van der Waals surface area (Å²) in [4.78, 5) is 8.93. The minimum atomic E-state index is -0.287. The third-order valence-corrected chi connectivity index (χ3v) is 4.54. The van der Waals surface area contributed by atoms with E-state index >= 15 is 0 Å². The molecule has 2 heterocycles. The van der Waals surface area contributed by atoms with Crippen LogP contribution in [0.4, 0.5) is 0 Å². The van der Waals surface area contributed by atoms with Gasteiger partial charge in [0.15, 0.2) is 0 Å². The molecule has 0 aliphatic rings. The van der Waals surface area contributed by atoms with Crippen molar-refractivity contribution < 1.29 is 0 Å². The zero-order valence-electron chi connectivity index (χ0n) is 10.0. The summed E-state index contributed by atoms with van der Waals surface area (Å²) in [5.41, 5.74) is 8.11. The van der Waals surface area contributed by atoms with Crippen molar-refractivity contribution >= 4 is 43.2 Å². The molecular weight excluding hydrogens is 378 g/mol. The van der Waals surface area contributed by atoms with E-state index in [4.69, 9.17) is 5.73 Å². The lowest BCUT2D eigenvalue weighted by Crippen LogP contribution is -2.14. The van der Waals surface area contributed by atoms with Crippen molar-refractivity contribution in [3.63, 3.8) is 0 Å². The SMILES string of the molecule is CC(C)c1csc(C(N)c2ncc(Br)cc2Br)n1. The van der Waals surface area contributed by atoms with E-state index in [0.29, 0.717) is 5.92 Å². The van der Waals surface area contributed by atoms with Crippen molar-refractivity contribution in [2.75, 3.05) is 0 Å². The van der Waals surface area contributed by atoms with Crippen LogP contribution in [0, 0.1) is 0 Å². The first-order valence-corrected chi connectivity index (χ1v) is 7.97. The second kappa shape index (κ2) is 5.77. The zero-order chi connectivity index (χ0) is 13.3. The van der Waals surface area contributed by atoms with Crippen LogP contribution < -0.4 is 5.73 Å². The van der Waals surface area contributed by atoms with Crippen LogP contribution in [0.2, 0.25) is 0 Å². The normalized spacial score (nSPS) is 13.0. The molecular formula is C12H13Br2N3S. The maximum Gasteiger partial charge on any atom is 0.116 e. The summed E-state index contributed by atoms with van der Waals surface area (Å²) in [6.45, 7) is 4.25. The number of hydrogen-bond acceptors (Lipinski definition) is 4. The minimum Gasteiger partial charge on any atom is -0.317 e. The fourth-order valence-corrected chi connectivity index (χ4v) is 3.70. The first kappa shape index (κ1) is 14.1. The van der Waals surface area contributed by atoms with Crippen LogP contribution >= 0.6 is 43.2 Å². The Morgan fingerprint density at radius 3 is 2.61 bits per heavy atom. The molecule has 18 heavy (non-hydrogen) atoms. The van der Waals surface area contributed by atoms with Gasteiger partial charge in [-0.05, 0) is 43.8 Å². The summed E-state index contributed by atoms with van der Waals surface area (Å²) in [6, 6.07) is 1.66. The molecule has 2 N–H and O–H groups in total. The number of aromatic nitrogens is 2. The van der Waals surface area contributed by atoms with Gasteiger partial charge in [-0.1, -0.05) is 13.8 Å². The first-order chi connectivity index (χ1) is 8.49. The van der Waals surface area contributed by atoms with Crippen LogP contribution in [-0.2, 0) is 0 Å². The minimum absolute atomic E-state index is 0.287. The van der Waals surface area contributed by atoms with Crippen molar-refractivity contribution in [3.05, 3.63) is 43.0 Å². The number of halogens is 2. The van der Waals surface area contributed by atoms with Crippen LogP contribution in [0.15, 0.2) is 26.6 Å². The maximum absolute atomic E-state index is 6.22. The molecule has 0 aliphatic heterocycles.